The topological polar surface area (TPSA) is 95.5 Å². The zero-order valence-electron chi connectivity index (χ0n) is 21.4. The quantitative estimate of drug-likeness (QED) is 0.317. The molecule has 9 nitrogen and oxygen atoms in total. The molecule has 0 unspecified atom stereocenters. The van der Waals surface area contributed by atoms with Crippen molar-refractivity contribution in [2.75, 3.05) is 5.32 Å². The standard InChI is InChI=1S/C27H25F3N8O/c1-17-4-5-20(12-25(17)38-15-24(34-35-38)23-14-32-36(3)18(23)2)26(39)33-22-11-19(6-8-37-9-7-31-16-37)10-21(13-22)27(28,29)30/h4-5,7,9-16H,6,8H2,1-3H3,(H,33,39). The van der Waals surface area contributed by atoms with Gasteiger partial charge in [-0.05, 0) is 61.7 Å². The molecular weight excluding hydrogens is 509 g/mol. The Morgan fingerprint density at radius 1 is 1.10 bits per heavy atom. The molecule has 1 amide bonds. The molecule has 200 valence electrons. The van der Waals surface area contributed by atoms with Crippen LogP contribution in [0.4, 0.5) is 18.9 Å². The zero-order valence-corrected chi connectivity index (χ0v) is 21.4. The first-order valence-electron chi connectivity index (χ1n) is 12.1. The molecule has 5 rings (SSSR count). The number of aromatic nitrogens is 7. The molecular formula is C27H25F3N8O. The zero-order chi connectivity index (χ0) is 27.7. The molecule has 0 fully saturated rings. The van der Waals surface area contributed by atoms with Crippen molar-refractivity contribution in [1.29, 1.82) is 0 Å². The number of carbonyl (C=O) groups is 1. The van der Waals surface area contributed by atoms with Gasteiger partial charge in [0.1, 0.15) is 5.69 Å². The number of nitrogens with one attached hydrogen (secondary N) is 1. The third-order valence-electron chi connectivity index (χ3n) is 6.52. The van der Waals surface area contributed by atoms with Crippen LogP contribution in [0, 0.1) is 13.8 Å². The van der Waals surface area contributed by atoms with Gasteiger partial charge >= 0.3 is 6.18 Å². The van der Waals surface area contributed by atoms with Crippen molar-refractivity contribution in [3.8, 4) is 16.9 Å². The third kappa shape index (κ3) is 5.59. The fourth-order valence-corrected chi connectivity index (χ4v) is 4.21. The minimum atomic E-state index is -4.56. The number of rotatable bonds is 7. The van der Waals surface area contributed by atoms with Crippen molar-refractivity contribution in [2.24, 2.45) is 7.05 Å². The first-order valence-corrected chi connectivity index (χ1v) is 12.1. The Balaban J connectivity index is 1.40. The summed E-state index contributed by atoms with van der Waals surface area (Å²) >= 11 is 0. The average molecular weight is 535 g/mol. The summed E-state index contributed by atoms with van der Waals surface area (Å²) in [6.45, 7) is 4.25. The Morgan fingerprint density at radius 3 is 2.62 bits per heavy atom. The minimum absolute atomic E-state index is 0.0627. The van der Waals surface area contributed by atoms with E-state index in [2.05, 4.69) is 25.7 Å². The third-order valence-corrected chi connectivity index (χ3v) is 6.52. The second kappa shape index (κ2) is 10.2. The molecule has 3 aromatic heterocycles. The predicted molar refractivity (Wildman–Crippen MR) is 138 cm³/mol. The Morgan fingerprint density at radius 2 is 1.92 bits per heavy atom. The molecule has 0 aliphatic rings. The van der Waals surface area contributed by atoms with Gasteiger partial charge in [-0.1, -0.05) is 11.3 Å². The summed E-state index contributed by atoms with van der Waals surface area (Å²) in [6.07, 6.45) is 4.17. The van der Waals surface area contributed by atoms with Crippen LogP contribution >= 0.6 is 0 Å². The number of hydrogen-bond acceptors (Lipinski definition) is 5. The van der Waals surface area contributed by atoms with Crippen molar-refractivity contribution in [2.45, 2.75) is 33.0 Å². The number of hydrogen-bond donors (Lipinski definition) is 1. The molecule has 0 radical (unpaired) electrons. The summed E-state index contributed by atoms with van der Waals surface area (Å²) in [7, 11) is 1.84. The molecule has 0 spiro atoms. The number of carbonyl (C=O) groups excluding carboxylic acids is 1. The van der Waals surface area contributed by atoms with Gasteiger partial charge < -0.3 is 9.88 Å². The van der Waals surface area contributed by atoms with Gasteiger partial charge in [-0.2, -0.15) is 18.3 Å². The highest BCUT2D eigenvalue weighted by molar-refractivity contribution is 6.04. The van der Waals surface area contributed by atoms with Crippen molar-refractivity contribution >= 4 is 11.6 Å². The lowest BCUT2D eigenvalue weighted by molar-refractivity contribution is -0.137. The van der Waals surface area contributed by atoms with Crippen LogP contribution in [-0.4, -0.2) is 40.2 Å². The SMILES string of the molecule is Cc1ccc(C(=O)Nc2cc(CCn3ccnc3)cc(C(F)(F)F)c2)cc1-n1cc(-c2cnn(C)c2C)nn1. The Bertz CT molecular complexity index is 1630. The van der Waals surface area contributed by atoms with E-state index in [1.54, 1.807) is 69.3 Å². The van der Waals surface area contributed by atoms with E-state index in [-0.39, 0.29) is 11.3 Å². The van der Waals surface area contributed by atoms with Crippen LogP contribution < -0.4 is 5.32 Å². The van der Waals surface area contributed by atoms with Crippen LogP contribution in [0.1, 0.15) is 32.7 Å². The molecule has 0 atom stereocenters. The van der Waals surface area contributed by atoms with Gasteiger partial charge in [0.25, 0.3) is 5.91 Å². The van der Waals surface area contributed by atoms with E-state index in [4.69, 9.17) is 0 Å². The van der Waals surface area contributed by atoms with E-state index in [0.717, 1.165) is 29.0 Å². The van der Waals surface area contributed by atoms with Crippen LogP contribution in [0.25, 0.3) is 16.9 Å². The first kappa shape index (κ1) is 25.9. The van der Waals surface area contributed by atoms with E-state index in [1.807, 2.05) is 20.9 Å². The monoisotopic (exact) mass is 534 g/mol. The van der Waals surface area contributed by atoms with Gasteiger partial charge in [-0.15, -0.1) is 5.10 Å². The van der Waals surface area contributed by atoms with Gasteiger partial charge in [0.2, 0.25) is 0 Å². The number of nitrogens with zero attached hydrogens (tertiary/aromatic N) is 7. The fraction of sp³-hybridized carbons (Fsp3) is 0.222. The molecule has 0 aliphatic heterocycles. The molecule has 1 N–H and O–H groups in total. The lowest BCUT2D eigenvalue weighted by Crippen LogP contribution is -2.15. The van der Waals surface area contributed by atoms with E-state index in [1.165, 1.54) is 0 Å². The number of amides is 1. The molecule has 3 heterocycles. The molecule has 12 heteroatoms. The number of alkyl halides is 3. The lowest BCUT2D eigenvalue weighted by Gasteiger charge is -2.14. The molecule has 5 aromatic rings. The molecule has 0 bridgehead atoms. The highest BCUT2D eigenvalue weighted by atomic mass is 19.4. The summed E-state index contributed by atoms with van der Waals surface area (Å²) in [5.74, 6) is -0.542. The Hall–Kier alpha value is -4.74. The number of aryl methyl sites for hydroxylation is 4. The fourth-order valence-electron chi connectivity index (χ4n) is 4.21. The van der Waals surface area contributed by atoms with E-state index >= 15 is 0 Å². The molecule has 0 saturated carbocycles. The van der Waals surface area contributed by atoms with Crippen molar-refractivity contribution in [3.63, 3.8) is 0 Å². The lowest BCUT2D eigenvalue weighted by atomic mass is 10.1. The number of anilines is 1. The number of halogens is 3. The second-order valence-electron chi connectivity index (χ2n) is 9.24. The maximum Gasteiger partial charge on any atom is 0.416 e. The maximum atomic E-state index is 13.6. The summed E-state index contributed by atoms with van der Waals surface area (Å²) in [5.41, 5.74) is 3.80. The van der Waals surface area contributed by atoms with Crippen LogP contribution in [0.5, 0.6) is 0 Å². The van der Waals surface area contributed by atoms with Gasteiger partial charge in [0, 0.05) is 48.5 Å². The van der Waals surface area contributed by atoms with Gasteiger partial charge in [0.05, 0.1) is 30.0 Å². The largest absolute Gasteiger partial charge is 0.416 e. The van der Waals surface area contributed by atoms with Crippen LogP contribution in [0.3, 0.4) is 0 Å². The average Bonchev–Trinajstić information content (AvgIpc) is 3.65. The van der Waals surface area contributed by atoms with Crippen LogP contribution in [-0.2, 0) is 26.2 Å². The van der Waals surface area contributed by atoms with Crippen molar-refractivity contribution in [3.05, 3.63) is 95.5 Å². The second-order valence-corrected chi connectivity index (χ2v) is 9.24. The van der Waals surface area contributed by atoms with Gasteiger partial charge in [0.15, 0.2) is 0 Å². The van der Waals surface area contributed by atoms with E-state index < -0.39 is 17.6 Å². The highest BCUT2D eigenvalue weighted by Crippen LogP contribution is 2.32. The predicted octanol–water partition coefficient (Wildman–Crippen LogP) is 4.99. The molecule has 0 aliphatic carbocycles. The molecule has 39 heavy (non-hydrogen) atoms. The van der Waals surface area contributed by atoms with Crippen LogP contribution in [0.15, 0.2) is 67.5 Å². The summed E-state index contributed by atoms with van der Waals surface area (Å²) < 4.78 is 45.9. The number of imidazole rings is 1. The van der Waals surface area contributed by atoms with Crippen molar-refractivity contribution < 1.29 is 18.0 Å². The smallest absolute Gasteiger partial charge is 0.337 e. The van der Waals surface area contributed by atoms with Crippen LogP contribution in [0.2, 0.25) is 0 Å². The van der Waals surface area contributed by atoms with E-state index in [0.29, 0.717) is 29.9 Å². The Kier molecular flexibility index (Phi) is 6.77. The summed E-state index contributed by atoms with van der Waals surface area (Å²) in [6, 6.07) is 8.59. The minimum Gasteiger partial charge on any atom is -0.337 e. The van der Waals surface area contributed by atoms with Gasteiger partial charge in [-0.25, -0.2) is 9.67 Å². The maximum absolute atomic E-state index is 13.6. The van der Waals surface area contributed by atoms with E-state index in [9.17, 15) is 18.0 Å². The van der Waals surface area contributed by atoms with Crippen molar-refractivity contribution in [1.82, 2.24) is 34.3 Å². The normalized spacial score (nSPS) is 11.6. The Labute approximate surface area is 221 Å². The molecule has 2 aromatic carbocycles. The summed E-state index contributed by atoms with van der Waals surface area (Å²) in [5, 5.41) is 15.3. The van der Waals surface area contributed by atoms with Gasteiger partial charge in [-0.3, -0.25) is 9.48 Å². The summed E-state index contributed by atoms with van der Waals surface area (Å²) in [4.78, 5) is 17.1. The highest BCUT2D eigenvalue weighted by Gasteiger charge is 2.31. The first-order chi connectivity index (χ1) is 18.6. The number of benzene rings is 2. The molecule has 0 saturated heterocycles.